The van der Waals surface area contributed by atoms with Gasteiger partial charge in [0, 0.05) is 85.9 Å². The highest BCUT2D eigenvalue weighted by Gasteiger charge is 2.38. The minimum absolute atomic E-state index is 0.0504. The zero-order valence-corrected chi connectivity index (χ0v) is 58.7. The first-order chi connectivity index (χ1) is 47.8. The molecule has 508 valence electrons. The van der Waals surface area contributed by atoms with Gasteiger partial charge in [-0.3, -0.25) is 38.3 Å². The fourth-order valence-electron chi connectivity index (χ4n) is 13.1. The first kappa shape index (κ1) is 68.0. The van der Waals surface area contributed by atoms with E-state index in [-0.39, 0.29) is 85.4 Å². The maximum atomic E-state index is 13.2. The molecule has 0 saturated heterocycles. The van der Waals surface area contributed by atoms with Gasteiger partial charge in [0.2, 0.25) is 0 Å². The molecule has 8 bridgehead atoms. The van der Waals surface area contributed by atoms with Gasteiger partial charge in [-0.15, -0.1) is 10.2 Å². The number of aromatic nitrogens is 8. The zero-order chi connectivity index (χ0) is 70.3. The lowest BCUT2D eigenvalue weighted by molar-refractivity contribution is -0.671. The monoisotopic (exact) mass is 1380 g/mol. The van der Waals surface area contributed by atoms with Crippen LogP contribution in [0.4, 0.5) is 11.4 Å². The summed E-state index contributed by atoms with van der Waals surface area (Å²) < 4.78 is 21.6. The molecule has 18 nitrogen and oxygen atoms in total. The van der Waals surface area contributed by atoms with Crippen LogP contribution < -0.4 is 28.4 Å². The summed E-state index contributed by atoms with van der Waals surface area (Å²) in [5.41, 5.74) is 13.8. The van der Waals surface area contributed by atoms with Gasteiger partial charge in [0.1, 0.15) is 48.5 Å². The van der Waals surface area contributed by atoms with Crippen molar-refractivity contribution >= 4 is 82.3 Å². The number of Topliss-reactive ketones (excluding diaryl/α,β-unsaturated/α-hetero) is 2. The van der Waals surface area contributed by atoms with Crippen LogP contribution in [0.5, 0.6) is 23.0 Å². The fourth-order valence-corrected chi connectivity index (χ4v) is 13.4. The van der Waals surface area contributed by atoms with E-state index in [9.17, 15) is 29.4 Å². The molecular formula is C80H78Cl2N10O8+2. The average molecular weight is 1380 g/mol. The van der Waals surface area contributed by atoms with Gasteiger partial charge in [-0.25, -0.2) is 9.13 Å². The van der Waals surface area contributed by atoms with E-state index in [0.29, 0.717) is 92.5 Å². The lowest BCUT2D eigenvalue weighted by Crippen LogP contribution is -2.29. The lowest BCUT2D eigenvalue weighted by atomic mass is 9.81. The molecule has 2 N–H and O–H groups in total. The predicted molar refractivity (Wildman–Crippen MR) is 385 cm³/mol. The Morgan fingerprint density at radius 2 is 0.810 bits per heavy atom. The van der Waals surface area contributed by atoms with Crippen molar-refractivity contribution < 1.29 is 48.0 Å². The van der Waals surface area contributed by atoms with Gasteiger partial charge in [0.25, 0.3) is 23.4 Å². The number of ether oxygens (including phenoxy) is 2. The molecule has 6 aromatic carbocycles. The Morgan fingerprint density at radius 1 is 0.470 bits per heavy atom. The molecule has 0 saturated carbocycles. The Hall–Kier alpha value is -10.6. The van der Waals surface area contributed by atoms with E-state index in [1.54, 1.807) is 46.0 Å². The Kier molecular flexibility index (Phi) is 19.0. The number of benzene rings is 6. The third kappa shape index (κ3) is 14.9. The van der Waals surface area contributed by atoms with Crippen LogP contribution in [0.3, 0.4) is 0 Å². The van der Waals surface area contributed by atoms with Crippen LogP contribution in [0.1, 0.15) is 164 Å². The van der Waals surface area contributed by atoms with Crippen molar-refractivity contribution in [3.8, 4) is 23.0 Å². The minimum atomic E-state index is -0.652. The van der Waals surface area contributed by atoms with Crippen LogP contribution in [0, 0.1) is 0 Å². The highest BCUT2D eigenvalue weighted by molar-refractivity contribution is 6.53. The van der Waals surface area contributed by atoms with Crippen molar-refractivity contribution in [2.75, 3.05) is 23.0 Å². The normalized spacial score (nSPS) is 13.9. The number of ketones is 2. The van der Waals surface area contributed by atoms with E-state index in [1.165, 1.54) is 21.9 Å². The summed E-state index contributed by atoms with van der Waals surface area (Å²) in [7, 11) is 3.97. The molecule has 3 aliphatic rings. The predicted octanol–water partition coefficient (Wildman–Crippen LogP) is 13.2. The summed E-state index contributed by atoms with van der Waals surface area (Å²) in [6.45, 7) is 14.5. The number of carbonyl (C=O) groups is 4. The van der Waals surface area contributed by atoms with Crippen molar-refractivity contribution in [1.29, 1.82) is 0 Å². The molecule has 100 heavy (non-hydrogen) atoms. The largest absolute Gasteiger partial charge is 0.507 e. The number of halogens is 2. The number of aromatic hydroxyl groups is 2. The molecule has 0 fully saturated rings. The van der Waals surface area contributed by atoms with Gasteiger partial charge in [0.05, 0.1) is 61.2 Å². The van der Waals surface area contributed by atoms with Crippen LogP contribution in [0.2, 0.25) is 10.0 Å². The number of carbonyl (C=O) groups excluding carboxylic acids is 4. The summed E-state index contributed by atoms with van der Waals surface area (Å²) in [6.07, 6.45) is 22.0. The van der Waals surface area contributed by atoms with Gasteiger partial charge in [0.15, 0.2) is 24.8 Å². The second kappa shape index (κ2) is 28.0. The van der Waals surface area contributed by atoms with E-state index in [1.807, 2.05) is 48.0 Å². The third-order valence-electron chi connectivity index (χ3n) is 18.5. The second-order valence-electron chi connectivity index (χ2n) is 28.2. The highest BCUT2D eigenvalue weighted by atomic mass is 35.5. The van der Waals surface area contributed by atoms with Gasteiger partial charge in [-0.2, -0.15) is 0 Å². The summed E-state index contributed by atoms with van der Waals surface area (Å²) in [4.78, 5) is 55.0. The number of phenols is 2. The zero-order valence-electron chi connectivity index (χ0n) is 57.2. The number of rotatable bonds is 18. The topological polar surface area (TPSA) is 203 Å². The number of fused-ring (bicyclic) bond motifs is 10. The maximum absolute atomic E-state index is 13.2. The number of amides is 2. The van der Waals surface area contributed by atoms with Crippen molar-refractivity contribution in [2.24, 2.45) is 14.1 Å². The van der Waals surface area contributed by atoms with Gasteiger partial charge in [-0.05, 0) is 149 Å². The molecular weight excluding hydrogens is 1300 g/mol. The molecule has 2 aliphatic heterocycles. The van der Waals surface area contributed by atoms with Crippen molar-refractivity contribution in [2.45, 2.75) is 117 Å². The molecule has 13 rings (SSSR count). The molecule has 1 aliphatic carbocycles. The number of pyridine rings is 2. The third-order valence-corrected chi connectivity index (χ3v) is 19.0. The molecule has 4 aromatic heterocycles. The molecule has 2 amide bonds. The van der Waals surface area contributed by atoms with Crippen molar-refractivity contribution in [1.82, 2.24) is 30.0 Å². The first-order valence-electron chi connectivity index (χ1n) is 33.5. The Morgan fingerprint density at radius 3 is 1.15 bits per heavy atom. The second-order valence-corrected chi connectivity index (χ2v) is 29.1. The highest BCUT2D eigenvalue weighted by Crippen LogP contribution is 2.44. The lowest BCUT2D eigenvalue weighted by Gasteiger charge is -2.26. The number of phenolic OH excluding ortho intramolecular Hbond substituents is 2. The Labute approximate surface area is 591 Å². The fraction of sp³-hybridized carbons (Fsp3) is 0.275. The van der Waals surface area contributed by atoms with Crippen LogP contribution >= 0.6 is 23.2 Å². The van der Waals surface area contributed by atoms with Gasteiger partial charge < -0.3 is 19.7 Å². The molecule has 6 heterocycles. The quantitative estimate of drug-likeness (QED) is 0.0468. The molecule has 0 spiro atoms. The van der Waals surface area contributed by atoms with E-state index >= 15 is 0 Å². The SMILES string of the molecule is C[n+]1ccc(/C=C/c2cc3c(O)c(c2)Cc2cc(C(C)(C)C)cc(c2OCCCn2cc(CN4C(=O)C(=O)c5cc(Cl)ccc54)nn2)Cc2cc(/C=C/c4cc[n+](C)cc4)cc(c2O)Cc2cc(C(C)(C)C)cc(c2OCCCn2cc(CN4C(=O)C(=O)c5cc(Cl)ccc54)nn2)C3)cc1. The average Bonchev–Trinajstić information content (AvgIpc) is 1.44. The van der Waals surface area contributed by atoms with E-state index in [0.717, 1.165) is 55.6 Å². The number of aryl methyl sites for hydroxylation is 4. The van der Waals surface area contributed by atoms with Gasteiger partial charge in [-0.1, -0.05) is 124 Å². The summed E-state index contributed by atoms with van der Waals surface area (Å²) in [5, 5.41) is 44.5. The summed E-state index contributed by atoms with van der Waals surface area (Å²) >= 11 is 12.4. The number of anilines is 2. The summed E-state index contributed by atoms with van der Waals surface area (Å²) in [5.74, 6) is -0.968. The van der Waals surface area contributed by atoms with Crippen LogP contribution in [-0.2, 0) is 86.4 Å². The minimum Gasteiger partial charge on any atom is -0.507 e. The summed E-state index contributed by atoms with van der Waals surface area (Å²) in [6, 6.07) is 34.8. The molecule has 0 unspecified atom stereocenters. The smallest absolute Gasteiger partial charge is 0.299 e. The maximum Gasteiger partial charge on any atom is 0.299 e. The molecule has 0 atom stereocenters. The number of nitrogens with zero attached hydrogens (tertiary/aromatic N) is 10. The number of hydrogen-bond acceptors (Lipinski definition) is 12. The van der Waals surface area contributed by atoms with Crippen LogP contribution in [0.15, 0.2) is 146 Å². The van der Waals surface area contributed by atoms with Crippen molar-refractivity contribution in [3.63, 3.8) is 0 Å². The Balaban J connectivity index is 0.882. The van der Waals surface area contributed by atoms with Crippen molar-refractivity contribution in [3.05, 3.63) is 257 Å². The molecule has 0 radical (unpaired) electrons. The first-order valence-corrected chi connectivity index (χ1v) is 34.3. The standard InChI is InChI=1S/C80H76Cl2N10O8/c1-79(2,3)61-39-57-35-53-31-51(13-11-49-19-25-87(7)26-20-49)33-55(71(53)93)37-59-41-62(80(4,5)6)42-60(76(59)100-30-10-24-90-46-66(84-86-90)48-92-70-18-16-64(82)44-68(70)74(96)78(92)98)38-56-34-52(14-12-50-21-27-88(8)28-22-50)32-54(72(56)94)36-58(40-61)75(57)99-29-9-23-89-45-65(83-85-89)47-91-69-17-15-63(81)43-67(69)73(95)77(91)97/h11-22,25-28,31-34,39-46H,9-10,23-24,29-30,35-38,47-48H2,1-8H3/p+2. The van der Waals surface area contributed by atoms with E-state index in [4.69, 9.17) is 32.7 Å². The Bertz CT molecular complexity index is 4540. The van der Waals surface area contributed by atoms with Crippen LogP contribution in [-0.4, -0.2) is 76.8 Å². The molecule has 10 aromatic rings. The van der Waals surface area contributed by atoms with Crippen LogP contribution in [0.25, 0.3) is 24.3 Å². The van der Waals surface area contributed by atoms with E-state index < -0.39 is 23.4 Å². The van der Waals surface area contributed by atoms with Gasteiger partial charge >= 0.3 is 0 Å². The van der Waals surface area contributed by atoms with E-state index in [2.05, 4.69) is 159 Å². The molecule has 20 heteroatoms. The number of hydrogen-bond donors (Lipinski definition) is 2.